The Kier molecular flexibility index (Phi) is 5.79. The lowest BCUT2D eigenvalue weighted by Crippen LogP contribution is -2.32. The Balaban J connectivity index is 1.72. The lowest BCUT2D eigenvalue weighted by molar-refractivity contribution is 0.0953. The molecule has 1 heterocycles. The van der Waals surface area contributed by atoms with E-state index in [0.717, 1.165) is 9.90 Å². The molecule has 2 aromatic rings. The molecule has 0 spiro atoms. The molecule has 112 valence electrons. The Morgan fingerprint density at radius 3 is 2.52 bits per heavy atom. The largest absolute Gasteiger partial charge is 0.351 e. The Morgan fingerprint density at radius 2 is 1.90 bits per heavy atom. The molecule has 1 unspecified atom stereocenters. The standard InChI is InChI=1S/C16H19ClN2OS/c1-11-3-5-13(6-4-11)16(20)19-10-9-18-12(2)14-7-8-15(17)21-14/h3-8,12,18H,9-10H2,1-2H3,(H,19,20). The van der Waals surface area contributed by atoms with Crippen LogP contribution in [0.25, 0.3) is 0 Å². The van der Waals surface area contributed by atoms with Gasteiger partial charge in [-0.1, -0.05) is 29.3 Å². The van der Waals surface area contributed by atoms with Crippen LogP contribution in [0.5, 0.6) is 0 Å². The lowest BCUT2D eigenvalue weighted by atomic mass is 10.1. The molecule has 5 heteroatoms. The zero-order valence-electron chi connectivity index (χ0n) is 12.2. The van der Waals surface area contributed by atoms with Crippen molar-refractivity contribution in [3.8, 4) is 0 Å². The van der Waals surface area contributed by atoms with Gasteiger partial charge in [0.15, 0.2) is 0 Å². The van der Waals surface area contributed by atoms with Crippen LogP contribution in [0.15, 0.2) is 36.4 Å². The van der Waals surface area contributed by atoms with Gasteiger partial charge >= 0.3 is 0 Å². The molecule has 0 radical (unpaired) electrons. The molecule has 0 aliphatic carbocycles. The first-order valence-corrected chi connectivity index (χ1v) is 8.09. The van der Waals surface area contributed by atoms with Crippen molar-refractivity contribution >= 4 is 28.8 Å². The van der Waals surface area contributed by atoms with Crippen molar-refractivity contribution in [1.82, 2.24) is 10.6 Å². The van der Waals surface area contributed by atoms with Gasteiger partial charge in [0, 0.05) is 29.6 Å². The van der Waals surface area contributed by atoms with Crippen LogP contribution in [-0.2, 0) is 0 Å². The Bertz CT molecular complexity index is 595. The van der Waals surface area contributed by atoms with Crippen LogP contribution < -0.4 is 10.6 Å². The average Bonchev–Trinajstić information content (AvgIpc) is 2.90. The molecule has 0 fully saturated rings. The summed E-state index contributed by atoms with van der Waals surface area (Å²) in [6, 6.07) is 11.7. The second-order valence-electron chi connectivity index (χ2n) is 4.94. The molecule has 0 saturated carbocycles. The minimum Gasteiger partial charge on any atom is -0.351 e. The number of carbonyl (C=O) groups excluding carboxylic acids is 1. The fourth-order valence-corrected chi connectivity index (χ4v) is 3.02. The van der Waals surface area contributed by atoms with E-state index in [1.807, 2.05) is 43.3 Å². The van der Waals surface area contributed by atoms with E-state index < -0.39 is 0 Å². The summed E-state index contributed by atoms with van der Waals surface area (Å²) in [6.45, 7) is 5.40. The fraction of sp³-hybridized carbons (Fsp3) is 0.312. The lowest BCUT2D eigenvalue weighted by Gasteiger charge is -2.12. The fourth-order valence-electron chi connectivity index (χ4n) is 1.93. The van der Waals surface area contributed by atoms with Crippen LogP contribution in [0.3, 0.4) is 0 Å². The van der Waals surface area contributed by atoms with Crippen LogP contribution in [0.1, 0.15) is 33.8 Å². The quantitative estimate of drug-likeness (QED) is 0.794. The molecule has 2 N–H and O–H groups in total. The number of aryl methyl sites for hydroxylation is 1. The topological polar surface area (TPSA) is 41.1 Å². The van der Waals surface area contributed by atoms with Crippen LogP contribution in [-0.4, -0.2) is 19.0 Å². The number of thiophene rings is 1. The van der Waals surface area contributed by atoms with E-state index in [0.29, 0.717) is 18.7 Å². The molecule has 1 atom stereocenters. The van der Waals surface area contributed by atoms with Gasteiger partial charge in [-0.05, 0) is 38.1 Å². The molecule has 0 aliphatic heterocycles. The molecular weight excluding hydrogens is 304 g/mol. The summed E-state index contributed by atoms with van der Waals surface area (Å²) in [5.41, 5.74) is 1.84. The van der Waals surface area contributed by atoms with Crippen molar-refractivity contribution in [2.75, 3.05) is 13.1 Å². The van der Waals surface area contributed by atoms with Crippen molar-refractivity contribution in [2.24, 2.45) is 0 Å². The number of hydrogen-bond acceptors (Lipinski definition) is 3. The summed E-state index contributed by atoms with van der Waals surface area (Å²) in [5.74, 6) is -0.0383. The molecule has 3 nitrogen and oxygen atoms in total. The second-order valence-corrected chi connectivity index (χ2v) is 6.69. The van der Waals surface area contributed by atoms with Gasteiger partial charge in [-0.3, -0.25) is 4.79 Å². The van der Waals surface area contributed by atoms with Gasteiger partial charge in [0.25, 0.3) is 5.91 Å². The van der Waals surface area contributed by atoms with Crippen LogP contribution >= 0.6 is 22.9 Å². The van der Waals surface area contributed by atoms with Gasteiger partial charge in [0.1, 0.15) is 0 Å². The van der Waals surface area contributed by atoms with Crippen LogP contribution in [0, 0.1) is 6.92 Å². The van der Waals surface area contributed by atoms with Gasteiger partial charge in [-0.15, -0.1) is 11.3 Å². The summed E-state index contributed by atoms with van der Waals surface area (Å²) in [4.78, 5) is 13.1. The summed E-state index contributed by atoms with van der Waals surface area (Å²) in [7, 11) is 0. The van der Waals surface area contributed by atoms with Crippen molar-refractivity contribution in [3.63, 3.8) is 0 Å². The summed E-state index contributed by atoms with van der Waals surface area (Å²) < 4.78 is 0.798. The molecule has 0 aliphatic rings. The first-order valence-electron chi connectivity index (χ1n) is 6.90. The van der Waals surface area contributed by atoms with E-state index in [2.05, 4.69) is 17.6 Å². The average molecular weight is 323 g/mol. The highest BCUT2D eigenvalue weighted by atomic mass is 35.5. The van der Waals surface area contributed by atoms with Crippen molar-refractivity contribution in [1.29, 1.82) is 0 Å². The number of benzene rings is 1. The first kappa shape index (κ1) is 16.0. The zero-order valence-corrected chi connectivity index (χ0v) is 13.7. The molecule has 1 aromatic carbocycles. The third-order valence-corrected chi connectivity index (χ3v) is 4.61. The number of carbonyl (C=O) groups is 1. The molecule has 21 heavy (non-hydrogen) atoms. The predicted octanol–water partition coefficient (Wildman–Crippen LogP) is 3.79. The van der Waals surface area contributed by atoms with Crippen molar-refractivity contribution in [3.05, 3.63) is 56.7 Å². The summed E-state index contributed by atoms with van der Waals surface area (Å²) >= 11 is 7.49. The van der Waals surface area contributed by atoms with Gasteiger partial charge < -0.3 is 10.6 Å². The van der Waals surface area contributed by atoms with E-state index in [-0.39, 0.29) is 11.9 Å². The van der Waals surface area contributed by atoms with Crippen LogP contribution in [0.4, 0.5) is 0 Å². The van der Waals surface area contributed by atoms with Gasteiger partial charge in [-0.25, -0.2) is 0 Å². The highest BCUT2D eigenvalue weighted by molar-refractivity contribution is 7.16. The molecule has 0 saturated heterocycles. The van der Waals surface area contributed by atoms with E-state index in [1.54, 1.807) is 11.3 Å². The molecule has 1 amide bonds. The van der Waals surface area contributed by atoms with Crippen molar-refractivity contribution in [2.45, 2.75) is 19.9 Å². The first-order chi connectivity index (χ1) is 10.1. The number of hydrogen-bond donors (Lipinski definition) is 2. The Labute approximate surface area is 134 Å². The molecule has 2 rings (SSSR count). The third-order valence-electron chi connectivity index (χ3n) is 3.20. The maximum absolute atomic E-state index is 11.9. The van der Waals surface area contributed by atoms with E-state index in [9.17, 15) is 4.79 Å². The molecule has 0 bridgehead atoms. The molecule has 1 aromatic heterocycles. The predicted molar refractivity (Wildman–Crippen MR) is 89.3 cm³/mol. The Hall–Kier alpha value is -1.36. The Morgan fingerprint density at radius 1 is 1.19 bits per heavy atom. The molecular formula is C16H19ClN2OS. The third kappa shape index (κ3) is 4.84. The maximum atomic E-state index is 11.9. The number of amides is 1. The van der Waals surface area contributed by atoms with E-state index in [1.165, 1.54) is 4.88 Å². The minimum absolute atomic E-state index is 0.0383. The normalized spacial score (nSPS) is 12.1. The van der Waals surface area contributed by atoms with Gasteiger partial charge in [-0.2, -0.15) is 0 Å². The number of halogens is 1. The highest BCUT2D eigenvalue weighted by Crippen LogP contribution is 2.26. The van der Waals surface area contributed by atoms with E-state index in [4.69, 9.17) is 11.6 Å². The monoisotopic (exact) mass is 322 g/mol. The van der Waals surface area contributed by atoms with Gasteiger partial charge in [0.05, 0.1) is 4.34 Å². The van der Waals surface area contributed by atoms with Crippen LogP contribution in [0.2, 0.25) is 4.34 Å². The maximum Gasteiger partial charge on any atom is 0.251 e. The number of rotatable bonds is 6. The van der Waals surface area contributed by atoms with Crippen molar-refractivity contribution < 1.29 is 4.79 Å². The van der Waals surface area contributed by atoms with Gasteiger partial charge in [0.2, 0.25) is 0 Å². The van der Waals surface area contributed by atoms with E-state index >= 15 is 0 Å². The minimum atomic E-state index is -0.0383. The smallest absolute Gasteiger partial charge is 0.251 e. The summed E-state index contributed by atoms with van der Waals surface area (Å²) in [5, 5.41) is 6.27. The number of nitrogens with one attached hydrogen (secondary N) is 2. The zero-order chi connectivity index (χ0) is 15.2. The SMILES string of the molecule is Cc1ccc(C(=O)NCCNC(C)c2ccc(Cl)s2)cc1. The second kappa shape index (κ2) is 7.59. The summed E-state index contributed by atoms with van der Waals surface area (Å²) in [6.07, 6.45) is 0. The highest BCUT2D eigenvalue weighted by Gasteiger charge is 2.08.